The van der Waals surface area contributed by atoms with Crippen LogP contribution in [0.25, 0.3) is 0 Å². The summed E-state index contributed by atoms with van der Waals surface area (Å²) >= 11 is 0. The summed E-state index contributed by atoms with van der Waals surface area (Å²) in [6, 6.07) is 15.7. The molecule has 0 unspecified atom stereocenters. The van der Waals surface area contributed by atoms with Crippen LogP contribution < -0.4 is 0 Å². The van der Waals surface area contributed by atoms with E-state index in [4.69, 9.17) is 5.11 Å². The molecule has 2 rings (SSSR count). The average Bonchev–Trinajstić information content (AvgIpc) is 2.49. The lowest BCUT2D eigenvalue weighted by molar-refractivity contribution is -0.137. The Morgan fingerprint density at radius 3 is 2.09 bits per heavy atom. The molecule has 0 spiro atoms. The van der Waals surface area contributed by atoms with Crippen molar-refractivity contribution < 1.29 is 18.3 Å². The number of aliphatic carboxylic acids is 1. The third-order valence-corrected chi connectivity index (χ3v) is 5.04. The Balaban J connectivity index is 2.01. The maximum Gasteiger partial charge on any atom is 0.303 e. The van der Waals surface area contributed by atoms with E-state index in [0.717, 1.165) is 11.1 Å². The molecule has 4 nitrogen and oxygen atoms in total. The van der Waals surface area contributed by atoms with Crippen LogP contribution in [0.4, 0.5) is 0 Å². The number of hydrogen-bond acceptors (Lipinski definition) is 3. The second kappa shape index (κ2) is 7.22. The number of benzene rings is 2. The molecule has 116 valence electrons. The van der Waals surface area contributed by atoms with E-state index < -0.39 is 15.8 Å². The van der Waals surface area contributed by atoms with Crippen LogP contribution in [0.15, 0.2) is 59.5 Å². The van der Waals surface area contributed by atoms with Gasteiger partial charge in [0.25, 0.3) is 0 Å². The number of aryl methyl sites for hydroxylation is 1. The molecule has 22 heavy (non-hydrogen) atoms. The van der Waals surface area contributed by atoms with Crippen molar-refractivity contribution in [3.8, 4) is 0 Å². The minimum Gasteiger partial charge on any atom is -0.481 e. The Morgan fingerprint density at radius 2 is 1.50 bits per heavy atom. The molecular weight excluding hydrogens is 300 g/mol. The number of carboxylic acid groups (broad SMARTS) is 1. The van der Waals surface area contributed by atoms with E-state index in [9.17, 15) is 13.2 Å². The summed E-state index contributed by atoms with van der Waals surface area (Å²) in [5, 5.41) is 8.60. The standard InChI is InChI=1S/C17H18O4S/c18-17(19)8-4-5-14-9-11-15(12-10-14)13-22(20,21)16-6-2-1-3-7-16/h1-3,6-7,9-12H,4-5,8,13H2,(H,18,19). The van der Waals surface area contributed by atoms with Crippen LogP contribution in [-0.2, 0) is 26.8 Å². The molecule has 5 heteroatoms. The zero-order chi connectivity index (χ0) is 16.0. The van der Waals surface area contributed by atoms with E-state index in [-0.39, 0.29) is 12.2 Å². The number of carboxylic acids is 1. The van der Waals surface area contributed by atoms with Gasteiger partial charge in [-0.1, -0.05) is 42.5 Å². The van der Waals surface area contributed by atoms with Gasteiger partial charge in [0.2, 0.25) is 0 Å². The van der Waals surface area contributed by atoms with Crippen LogP contribution in [0, 0.1) is 0 Å². The number of carbonyl (C=O) groups is 1. The molecule has 0 saturated heterocycles. The molecule has 0 aliphatic rings. The van der Waals surface area contributed by atoms with E-state index >= 15 is 0 Å². The van der Waals surface area contributed by atoms with Crippen molar-refractivity contribution in [1.29, 1.82) is 0 Å². The fourth-order valence-electron chi connectivity index (χ4n) is 2.18. The van der Waals surface area contributed by atoms with Gasteiger partial charge in [0.15, 0.2) is 9.84 Å². The fraction of sp³-hybridized carbons (Fsp3) is 0.235. The first-order valence-electron chi connectivity index (χ1n) is 7.05. The third-order valence-electron chi connectivity index (χ3n) is 3.34. The molecule has 0 heterocycles. The molecule has 0 aliphatic heterocycles. The van der Waals surface area contributed by atoms with Gasteiger partial charge >= 0.3 is 5.97 Å². The smallest absolute Gasteiger partial charge is 0.303 e. The van der Waals surface area contributed by atoms with Crippen molar-refractivity contribution in [1.82, 2.24) is 0 Å². The highest BCUT2D eigenvalue weighted by molar-refractivity contribution is 7.90. The highest BCUT2D eigenvalue weighted by atomic mass is 32.2. The largest absolute Gasteiger partial charge is 0.481 e. The normalized spacial score (nSPS) is 11.3. The van der Waals surface area contributed by atoms with Gasteiger partial charge in [-0.05, 0) is 36.1 Å². The zero-order valence-corrected chi connectivity index (χ0v) is 12.9. The molecular formula is C17H18O4S. The second-order valence-corrected chi connectivity index (χ2v) is 7.13. The number of sulfone groups is 1. The lowest BCUT2D eigenvalue weighted by Gasteiger charge is -2.06. The van der Waals surface area contributed by atoms with Crippen molar-refractivity contribution in [3.05, 3.63) is 65.7 Å². The first kappa shape index (κ1) is 16.2. The summed E-state index contributed by atoms with van der Waals surface area (Å²) in [6.07, 6.45) is 1.40. The Morgan fingerprint density at radius 1 is 0.909 bits per heavy atom. The van der Waals surface area contributed by atoms with Crippen molar-refractivity contribution in [2.24, 2.45) is 0 Å². The SMILES string of the molecule is O=C(O)CCCc1ccc(CS(=O)(=O)c2ccccc2)cc1. The summed E-state index contributed by atoms with van der Waals surface area (Å²) in [5.41, 5.74) is 1.74. The van der Waals surface area contributed by atoms with Crippen LogP contribution in [0.3, 0.4) is 0 Å². The minimum atomic E-state index is -3.33. The first-order valence-corrected chi connectivity index (χ1v) is 8.70. The summed E-state index contributed by atoms with van der Waals surface area (Å²) in [4.78, 5) is 10.8. The molecule has 0 aliphatic carbocycles. The quantitative estimate of drug-likeness (QED) is 0.851. The fourth-order valence-corrected chi connectivity index (χ4v) is 3.55. The predicted molar refractivity (Wildman–Crippen MR) is 84.3 cm³/mol. The molecule has 0 amide bonds. The molecule has 0 bridgehead atoms. The highest BCUT2D eigenvalue weighted by Gasteiger charge is 2.14. The third kappa shape index (κ3) is 4.70. The van der Waals surface area contributed by atoms with E-state index in [1.807, 2.05) is 12.1 Å². The molecule has 0 radical (unpaired) electrons. The number of rotatable bonds is 7. The number of hydrogen-bond donors (Lipinski definition) is 1. The Labute approximate surface area is 130 Å². The minimum absolute atomic E-state index is 0.0353. The van der Waals surface area contributed by atoms with E-state index in [2.05, 4.69) is 0 Å². The lowest BCUT2D eigenvalue weighted by Crippen LogP contribution is -2.04. The lowest BCUT2D eigenvalue weighted by atomic mass is 10.1. The summed E-state index contributed by atoms with van der Waals surface area (Å²) in [7, 11) is -3.33. The van der Waals surface area contributed by atoms with Crippen molar-refractivity contribution in [2.75, 3.05) is 0 Å². The highest BCUT2D eigenvalue weighted by Crippen LogP contribution is 2.17. The molecule has 0 fully saturated rings. The molecule has 0 saturated carbocycles. The summed E-state index contributed by atoms with van der Waals surface area (Å²) < 4.78 is 24.5. The van der Waals surface area contributed by atoms with Gasteiger partial charge in [-0.15, -0.1) is 0 Å². The van der Waals surface area contributed by atoms with Gasteiger partial charge in [0.05, 0.1) is 10.6 Å². The summed E-state index contributed by atoms with van der Waals surface area (Å²) in [6.45, 7) is 0. The van der Waals surface area contributed by atoms with Crippen molar-refractivity contribution >= 4 is 15.8 Å². The van der Waals surface area contributed by atoms with Crippen LogP contribution in [0.5, 0.6) is 0 Å². The van der Waals surface area contributed by atoms with Crippen LogP contribution in [-0.4, -0.2) is 19.5 Å². The summed E-state index contributed by atoms with van der Waals surface area (Å²) in [5.74, 6) is -0.836. The molecule has 2 aromatic rings. The average molecular weight is 318 g/mol. The second-order valence-electron chi connectivity index (χ2n) is 5.14. The van der Waals surface area contributed by atoms with Gasteiger partial charge in [-0.25, -0.2) is 8.42 Å². The Hall–Kier alpha value is -2.14. The van der Waals surface area contributed by atoms with Crippen LogP contribution >= 0.6 is 0 Å². The Kier molecular flexibility index (Phi) is 5.33. The van der Waals surface area contributed by atoms with Crippen molar-refractivity contribution in [3.63, 3.8) is 0 Å². The van der Waals surface area contributed by atoms with Gasteiger partial charge in [-0.3, -0.25) is 4.79 Å². The van der Waals surface area contributed by atoms with Gasteiger partial charge < -0.3 is 5.11 Å². The van der Waals surface area contributed by atoms with Gasteiger partial charge in [0, 0.05) is 6.42 Å². The maximum atomic E-state index is 12.3. The van der Waals surface area contributed by atoms with E-state index in [1.54, 1.807) is 42.5 Å². The van der Waals surface area contributed by atoms with Crippen LogP contribution in [0.1, 0.15) is 24.0 Å². The topological polar surface area (TPSA) is 71.4 Å². The maximum absolute atomic E-state index is 12.3. The first-order chi connectivity index (χ1) is 10.5. The zero-order valence-electron chi connectivity index (χ0n) is 12.1. The predicted octanol–water partition coefficient (Wildman–Crippen LogP) is 3.07. The molecule has 1 N–H and O–H groups in total. The molecule has 0 atom stereocenters. The van der Waals surface area contributed by atoms with Crippen molar-refractivity contribution in [2.45, 2.75) is 29.9 Å². The van der Waals surface area contributed by atoms with Gasteiger partial charge in [0.1, 0.15) is 0 Å². The monoisotopic (exact) mass is 318 g/mol. The van der Waals surface area contributed by atoms with Crippen LogP contribution in [0.2, 0.25) is 0 Å². The van der Waals surface area contributed by atoms with E-state index in [1.165, 1.54) is 0 Å². The molecule has 2 aromatic carbocycles. The molecule has 0 aromatic heterocycles. The van der Waals surface area contributed by atoms with E-state index in [0.29, 0.717) is 17.7 Å². The Bertz CT molecular complexity index is 719. The van der Waals surface area contributed by atoms with Gasteiger partial charge in [-0.2, -0.15) is 0 Å².